The van der Waals surface area contributed by atoms with Crippen molar-refractivity contribution in [2.45, 2.75) is 24.6 Å². The van der Waals surface area contributed by atoms with Crippen molar-refractivity contribution in [2.24, 2.45) is 7.05 Å². The van der Waals surface area contributed by atoms with Crippen LogP contribution in [0.1, 0.15) is 12.7 Å². The first-order valence-corrected chi connectivity index (χ1v) is 9.66. The van der Waals surface area contributed by atoms with Gasteiger partial charge in [0.1, 0.15) is 5.82 Å². The Bertz CT molecular complexity index is 909. The standard InChI is InChI=1S/C20H22N4O2S/c1-14(25)12-18-22-23-20(24(18)2)27-13-19(26)21-17-11-7-6-10-16(17)15-8-4-3-5-9-15/h3-11,14,25H,12-13H2,1-2H3,(H,21,26)/t14-/m1/s1. The van der Waals surface area contributed by atoms with Crippen LogP contribution in [0.2, 0.25) is 0 Å². The maximum Gasteiger partial charge on any atom is 0.234 e. The number of rotatable bonds is 7. The Morgan fingerprint density at radius 3 is 2.59 bits per heavy atom. The molecule has 0 saturated heterocycles. The molecule has 0 aliphatic rings. The summed E-state index contributed by atoms with van der Waals surface area (Å²) in [6.45, 7) is 1.71. The second-order valence-electron chi connectivity index (χ2n) is 6.26. The fraction of sp³-hybridized carbons (Fsp3) is 0.250. The lowest BCUT2D eigenvalue weighted by atomic mass is 10.0. The number of carbonyl (C=O) groups excluding carboxylic acids is 1. The van der Waals surface area contributed by atoms with Gasteiger partial charge in [-0.05, 0) is 18.6 Å². The first kappa shape index (κ1) is 19.1. The average molecular weight is 382 g/mol. The summed E-state index contributed by atoms with van der Waals surface area (Å²) in [5, 5.41) is 21.3. The normalized spacial score (nSPS) is 12.0. The maximum absolute atomic E-state index is 12.4. The van der Waals surface area contributed by atoms with E-state index < -0.39 is 6.10 Å². The smallest absolute Gasteiger partial charge is 0.234 e. The van der Waals surface area contributed by atoms with Crippen LogP contribution in [-0.2, 0) is 18.3 Å². The molecule has 27 heavy (non-hydrogen) atoms. The summed E-state index contributed by atoms with van der Waals surface area (Å²) in [7, 11) is 1.84. The van der Waals surface area contributed by atoms with Gasteiger partial charge in [0, 0.05) is 24.7 Å². The molecule has 0 bridgehead atoms. The van der Waals surface area contributed by atoms with Crippen LogP contribution in [0.4, 0.5) is 5.69 Å². The molecule has 1 atom stereocenters. The molecule has 140 valence electrons. The summed E-state index contributed by atoms with van der Waals surface area (Å²) < 4.78 is 1.81. The maximum atomic E-state index is 12.4. The number of carbonyl (C=O) groups is 1. The van der Waals surface area contributed by atoms with Gasteiger partial charge in [0.15, 0.2) is 5.16 Å². The molecule has 3 aromatic rings. The van der Waals surface area contributed by atoms with Crippen LogP contribution in [0.25, 0.3) is 11.1 Å². The number of anilines is 1. The molecule has 0 fully saturated rings. The Balaban J connectivity index is 1.65. The zero-order chi connectivity index (χ0) is 19.2. The van der Waals surface area contributed by atoms with E-state index in [-0.39, 0.29) is 11.7 Å². The van der Waals surface area contributed by atoms with Crippen LogP contribution < -0.4 is 5.32 Å². The van der Waals surface area contributed by atoms with E-state index in [1.54, 1.807) is 6.92 Å². The molecule has 1 heterocycles. The number of hydrogen-bond donors (Lipinski definition) is 2. The minimum atomic E-state index is -0.483. The first-order valence-electron chi connectivity index (χ1n) is 8.68. The summed E-state index contributed by atoms with van der Waals surface area (Å²) in [5.41, 5.74) is 2.81. The van der Waals surface area contributed by atoms with E-state index in [9.17, 15) is 9.90 Å². The lowest BCUT2D eigenvalue weighted by molar-refractivity contribution is -0.113. The van der Waals surface area contributed by atoms with Crippen molar-refractivity contribution in [3.8, 4) is 11.1 Å². The van der Waals surface area contributed by atoms with Gasteiger partial charge in [0.25, 0.3) is 0 Å². The highest BCUT2D eigenvalue weighted by Gasteiger charge is 2.14. The minimum Gasteiger partial charge on any atom is -0.393 e. The van der Waals surface area contributed by atoms with E-state index in [0.717, 1.165) is 16.8 Å². The molecule has 7 heteroatoms. The van der Waals surface area contributed by atoms with Crippen molar-refractivity contribution in [2.75, 3.05) is 11.1 Å². The van der Waals surface area contributed by atoms with Crippen LogP contribution >= 0.6 is 11.8 Å². The Morgan fingerprint density at radius 2 is 1.85 bits per heavy atom. The highest BCUT2D eigenvalue weighted by atomic mass is 32.2. The van der Waals surface area contributed by atoms with Gasteiger partial charge in [-0.3, -0.25) is 4.79 Å². The molecule has 1 amide bonds. The fourth-order valence-electron chi connectivity index (χ4n) is 2.69. The second kappa shape index (κ2) is 8.83. The summed E-state index contributed by atoms with van der Waals surface area (Å²) >= 11 is 1.32. The van der Waals surface area contributed by atoms with Crippen molar-refractivity contribution in [3.05, 3.63) is 60.4 Å². The molecule has 2 N–H and O–H groups in total. The van der Waals surface area contributed by atoms with Gasteiger partial charge in [-0.2, -0.15) is 0 Å². The third kappa shape index (κ3) is 4.96. The average Bonchev–Trinajstić information content (AvgIpc) is 3.00. The number of aliphatic hydroxyl groups is 1. The zero-order valence-electron chi connectivity index (χ0n) is 15.3. The Kier molecular flexibility index (Phi) is 6.26. The Morgan fingerprint density at radius 1 is 1.15 bits per heavy atom. The number of aliphatic hydroxyl groups excluding tert-OH is 1. The lowest BCUT2D eigenvalue weighted by Crippen LogP contribution is -2.15. The lowest BCUT2D eigenvalue weighted by Gasteiger charge is -2.11. The summed E-state index contributed by atoms with van der Waals surface area (Å²) in [6.07, 6.45) is -0.0516. The topological polar surface area (TPSA) is 80.0 Å². The van der Waals surface area contributed by atoms with Crippen molar-refractivity contribution in [3.63, 3.8) is 0 Å². The number of benzene rings is 2. The molecule has 6 nitrogen and oxygen atoms in total. The second-order valence-corrected chi connectivity index (χ2v) is 7.20. The molecule has 0 radical (unpaired) electrons. The van der Waals surface area contributed by atoms with Gasteiger partial charge in [0.2, 0.25) is 5.91 Å². The largest absolute Gasteiger partial charge is 0.393 e. The van der Waals surface area contributed by atoms with Crippen LogP contribution in [0.15, 0.2) is 59.8 Å². The quantitative estimate of drug-likeness (QED) is 0.614. The first-order chi connectivity index (χ1) is 13.0. The number of hydrogen-bond acceptors (Lipinski definition) is 5. The number of nitrogens with one attached hydrogen (secondary N) is 1. The summed E-state index contributed by atoms with van der Waals surface area (Å²) in [6, 6.07) is 17.7. The Hall–Kier alpha value is -2.64. The summed E-state index contributed by atoms with van der Waals surface area (Å²) in [4.78, 5) is 12.4. The minimum absolute atomic E-state index is 0.108. The van der Waals surface area contributed by atoms with Gasteiger partial charge < -0.3 is 15.0 Å². The third-order valence-electron chi connectivity index (χ3n) is 4.02. The zero-order valence-corrected chi connectivity index (χ0v) is 16.1. The van der Waals surface area contributed by atoms with Crippen molar-refractivity contribution >= 4 is 23.4 Å². The van der Waals surface area contributed by atoms with E-state index in [1.165, 1.54) is 11.8 Å². The van der Waals surface area contributed by atoms with Crippen LogP contribution in [0, 0.1) is 0 Å². The number of para-hydroxylation sites is 1. The predicted molar refractivity (Wildman–Crippen MR) is 108 cm³/mol. The molecule has 0 saturated carbocycles. The van der Waals surface area contributed by atoms with Crippen LogP contribution in [-0.4, -0.2) is 37.6 Å². The van der Waals surface area contributed by atoms with Crippen molar-refractivity contribution in [1.29, 1.82) is 0 Å². The molecule has 0 aliphatic carbocycles. The fourth-order valence-corrected chi connectivity index (χ4v) is 3.42. The van der Waals surface area contributed by atoms with E-state index >= 15 is 0 Å². The van der Waals surface area contributed by atoms with Crippen LogP contribution in [0.5, 0.6) is 0 Å². The van der Waals surface area contributed by atoms with E-state index in [1.807, 2.05) is 66.2 Å². The number of thioether (sulfide) groups is 1. The third-order valence-corrected chi connectivity index (χ3v) is 5.04. The molecule has 1 aromatic heterocycles. The van der Waals surface area contributed by atoms with Crippen molar-refractivity contribution in [1.82, 2.24) is 14.8 Å². The molecular weight excluding hydrogens is 360 g/mol. The van der Waals surface area contributed by atoms with Gasteiger partial charge in [-0.1, -0.05) is 60.3 Å². The number of aromatic nitrogens is 3. The number of amides is 1. The molecule has 0 unspecified atom stereocenters. The van der Waals surface area contributed by atoms with Gasteiger partial charge in [0.05, 0.1) is 11.9 Å². The Labute approximate surface area is 162 Å². The molecular formula is C20H22N4O2S. The van der Waals surface area contributed by atoms with E-state index in [0.29, 0.717) is 17.4 Å². The summed E-state index contributed by atoms with van der Waals surface area (Å²) in [5.74, 6) is 0.815. The molecule has 2 aromatic carbocycles. The predicted octanol–water partition coefficient (Wildman–Crippen LogP) is 3.14. The van der Waals surface area contributed by atoms with Gasteiger partial charge in [-0.25, -0.2) is 0 Å². The van der Waals surface area contributed by atoms with Gasteiger partial charge >= 0.3 is 0 Å². The monoisotopic (exact) mass is 382 g/mol. The van der Waals surface area contributed by atoms with E-state index in [4.69, 9.17) is 0 Å². The highest BCUT2D eigenvalue weighted by molar-refractivity contribution is 7.99. The highest BCUT2D eigenvalue weighted by Crippen LogP contribution is 2.28. The van der Waals surface area contributed by atoms with Gasteiger partial charge in [-0.15, -0.1) is 10.2 Å². The molecule has 0 aliphatic heterocycles. The SMILES string of the molecule is C[C@@H](O)Cc1nnc(SCC(=O)Nc2ccccc2-c2ccccc2)n1C. The molecule has 3 rings (SSSR count). The van der Waals surface area contributed by atoms with Crippen LogP contribution in [0.3, 0.4) is 0 Å². The van der Waals surface area contributed by atoms with Crippen molar-refractivity contribution < 1.29 is 9.90 Å². The molecule has 0 spiro atoms. The number of nitrogens with zero attached hydrogens (tertiary/aromatic N) is 3. The van der Waals surface area contributed by atoms with E-state index in [2.05, 4.69) is 15.5 Å².